The molecule has 5 heteroatoms. The van der Waals surface area contributed by atoms with Gasteiger partial charge in [0.2, 0.25) is 0 Å². The Bertz CT molecular complexity index is 318. The number of amides is 1. The van der Waals surface area contributed by atoms with E-state index in [9.17, 15) is 4.79 Å². The highest BCUT2D eigenvalue weighted by molar-refractivity contribution is 5.68. The van der Waals surface area contributed by atoms with Gasteiger partial charge in [0.25, 0.3) is 0 Å². The van der Waals surface area contributed by atoms with Gasteiger partial charge in [0.05, 0.1) is 0 Å². The van der Waals surface area contributed by atoms with Gasteiger partial charge in [0, 0.05) is 24.7 Å². The average molecular weight is 299 g/mol. The van der Waals surface area contributed by atoms with Crippen molar-refractivity contribution in [1.29, 1.82) is 0 Å². The van der Waals surface area contributed by atoms with Crippen molar-refractivity contribution in [1.82, 2.24) is 15.5 Å². The zero-order valence-electron chi connectivity index (χ0n) is 14.5. The van der Waals surface area contributed by atoms with Crippen molar-refractivity contribution < 1.29 is 9.53 Å². The van der Waals surface area contributed by atoms with E-state index in [4.69, 9.17) is 4.74 Å². The summed E-state index contributed by atoms with van der Waals surface area (Å²) in [5.74, 6) is 0. The predicted octanol–water partition coefficient (Wildman–Crippen LogP) is 2.36. The summed E-state index contributed by atoms with van der Waals surface area (Å²) in [5.41, 5.74) is -0.427. The Balaban J connectivity index is 2.17. The molecule has 1 aliphatic carbocycles. The largest absolute Gasteiger partial charge is 0.444 e. The molecule has 1 saturated carbocycles. The van der Waals surface area contributed by atoms with E-state index in [0.29, 0.717) is 12.1 Å². The number of nitrogens with zero attached hydrogens (tertiary/aromatic N) is 1. The molecule has 1 amide bonds. The molecule has 21 heavy (non-hydrogen) atoms. The van der Waals surface area contributed by atoms with Crippen LogP contribution in [0, 0.1) is 0 Å². The van der Waals surface area contributed by atoms with E-state index in [1.165, 1.54) is 0 Å². The van der Waals surface area contributed by atoms with E-state index in [0.717, 1.165) is 32.5 Å². The van der Waals surface area contributed by atoms with E-state index >= 15 is 0 Å². The van der Waals surface area contributed by atoms with E-state index in [-0.39, 0.29) is 12.1 Å². The van der Waals surface area contributed by atoms with Gasteiger partial charge < -0.3 is 20.3 Å². The molecule has 124 valence electrons. The number of carbonyl (C=O) groups is 1. The molecule has 0 aromatic heterocycles. The summed E-state index contributed by atoms with van der Waals surface area (Å²) < 4.78 is 5.27. The van der Waals surface area contributed by atoms with Gasteiger partial charge in [0.1, 0.15) is 5.60 Å². The highest BCUT2D eigenvalue weighted by Gasteiger charge is 2.32. The quantitative estimate of drug-likeness (QED) is 0.758. The molecule has 0 aromatic rings. The third-order valence-electron chi connectivity index (χ3n) is 3.81. The lowest BCUT2D eigenvalue weighted by Gasteiger charge is -2.39. The average Bonchev–Trinajstić information content (AvgIpc) is 2.30. The molecule has 5 nitrogen and oxygen atoms in total. The minimum atomic E-state index is -0.427. The number of hydrogen-bond acceptors (Lipinski definition) is 4. The van der Waals surface area contributed by atoms with Crippen LogP contribution in [-0.4, -0.2) is 54.4 Å². The van der Waals surface area contributed by atoms with Gasteiger partial charge >= 0.3 is 6.09 Å². The Labute approximate surface area is 129 Å². The molecule has 1 aliphatic rings. The van der Waals surface area contributed by atoms with Crippen LogP contribution in [0.15, 0.2) is 0 Å². The van der Waals surface area contributed by atoms with Crippen LogP contribution in [0.3, 0.4) is 0 Å². The Morgan fingerprint density at radius 2 is 1.81 bits per heavy atom. The number of alkyl carbamates (subject to hydrolysis) is 1. The molecule has 0 saturated heterocycles. The Morgan fingerprint density at radius 1 is 1.24 bits per heavy atom. The van der Waals surface area contributed by atoms with Gasteiger partial charge in [-0.1, -0.05) is 13.8 Å². The van der Waals surface area contributed by atoms with Crippen molar-refractivity contribution in [3.63, 3.8) is 0 Å². The summed E-state index contributed by atoms with van der Waals surface area (Å²) in [6.07, 6.45) is 1.67. The molecule has 0 heterocycles. The van der Waals surface area contributed by atoms with Gasteiger partial charge in [0.15, 0.2) is 0 Å². The molecule has 0 aliphatic heterocycles. The van der Waals surface area contributed by atoms with E-state index in [1.54, 1.807) is 0 Å². The minimum absolute atomic E-state index is 0.248. The first-order valence-electron chi connectivity index (χ1n) is 8.21. The number of likely N-dealkylation sites (N-methyl/N-ethyl adjacent to an activating group) is 1. The second-order valence-corrected chi connectivity index (χ2v) is 7.07. The van der Waals surface area contributed by atoms with Gasteiger partial charge in [-0.2, -0.15) is 0 Å². The third kappa shape index (κ3) is 7.14. The lowest BCUT2D eigenvalue weighted by molar-refractivity contribution is 0.0462. The number of carbonyl (C=O) groups excluding carboxylic acids is 1. The molecule has 1 rings (SSSR count). The van der Waals surface area contributed by atoms with Crippen molar-refractivity contribution in [3.8, 4) is 0 Å². The van der Waals surface area contributed by atoms with Gasteiger partial charge in [-0.15, -0.1) is 0 Å². The van der Waals surface area contributed by atoms with Gasteiger partial charge in [-0.25, -0.2) is 4.79 Å². The minimum Gasteiger partial charge on any atom is -0.444 e. The van der Waals surface area contributed by atoms with Crippen molar-refractivity contribution in [2.45, 2.75) is 78.1 Å². The van der Waals surface area contributed by atoms with Crippen molar-refractivity contribution >= 4 is 6.09 Å². The zero-order chi connectivity index (χ0) is 16.0. The van der Waals surface area contributed by atoms with Crippen LogP contribution in [0.25, 0.3) is 0 Å². The van der Waals surface area contributed by atoms with Gasteiger partial charge in [-0.3, -0.25) is 0 Å². The zero-order valence-corrected chi connectivity index (χ0v) is 14.5. The van der Waals surface area contributed by atoms with E-state index in [2.05, 4.69) is 36.3 Å². The van der Waals surface area contributed by atoms with Crippen LogP contribution >= 0.6 is 0 Å². The highest BCUT2D eigenvalue weighted by atomic mass is 16.6. The van der Waals surface area contributed by atoms with Crippen LogP contribution in [0.2, 0.25) is 0 Å². The maximum Gasteiger partial charge on any atom is 0.407 e. The first-order chi connectivity index (χ1) is 9.73. The van der Waals surface area contributed by atoms with E-state index < -0.39 is 5.60 Å². The van der Waals surface area contributed by atoms with E-state index in [1.807, 2.05) is 20.8 Å². The molecular formula is C16H33N3O2. The number of nitrogens with one attached hydrogen (secondary N) is 2. The third-order valence-corrected chi connectivity index (χ3v) is 3.81. The number of ether oxygens (including phenoxy) is 1. The van der Waals surface area contributed by atoms with Crippen molar-refractivity contribution in [2.75, 3.05) is 19.6 Å². The number of rotatable bonds is 7. The fourth-order valence-electron chi connectivity index (χ4n) is 2.67. The summed E-state index contributed by atoms with van der Waals surface area (Å²) in [6, 6.07) is 1.24. The maximum absolute atomic E-state index is 11.7. The fraction of sp³-hybridized carbons (Fsp3) is 0.938. The lowest BCUT2D eigenvalue weighted by Crippen LogP contribution is -2.56. The molecule has 0 spiro atoms. The van der Waals surface area contributed by atoms with Crippen LogP contribution in [0.1, 0.15) is 54.4 Å². The van der Waals surface area contributed by atoms with Gasteiger partial charge in [-0.05, 0) is 53.6 Å². The fourth-order valence-corrected chi connectivity index (χ4v) is 2.67. The van der Waals surface area contributed by atoms with Crippen LogP contribution in [-0.2, 0) is 4.74 Å². The first kappa shape index (κ1) is 18.2. The Kier molecular flexibility index (Phi) is 6.94. The standard InChI is InChI=1S/C16H33N3O2/c1-7-19(8-2)11-12(3)17-13-9-14(10-13)18-15(20)21-16(4,5)6/h12-14,17H,7-11H2,1-6H3,(H,18,20). The Morgan fingerprint density at radius 3 is 2.29 bits per heavy atom. The number of hydrogen-bond donors (Lipinski definition) is 2. The van der Waals surface area contributed by atoms with Crippen LogP contribution in [0.4, 0.5) is 4.79 Å². The normalized spacial score (nSPS) is 23.6. The van der Waals surface area contributed by atoms with Crippen molar-refractivity contribution in [2.24, 2.45) is 0 Å². The maximum atomic E-state index is 11.7. The molecule has 0 aromatic carbocycles. The summed E-state index contributed by atoms with van der Waals surface area (Å²) in [6.45, 7) is 15.5. The molecular weight excluding hydrogens is 266 g/mol. The molecule has 0 bridgehead atoms. The van der Waals surface area contributed by atoms with Crippen LogP contribution < -0.4 is 10.6 Å². The lowest BCUT2D eigenvalue weighted by atomic mass is 9.86. The second-order valence-electron chi connectivity index (χ2n) is 7.07. The topological polar surface area (TPSA) is 53.6 Å². The Hall–Kier alpha value is -0.810. The smallest absolute Gasteiger partial charge is 0.407 e. The SMILES string of the molecule is CCN(CC)CC(C)NC1CC(NC(=O)OC(C)(C)C)C1. The summed E-state index contributed by atoms with van der Waals surface area (Å²) in [4.78, 5) is 14.1. The molecule has 0 radical (unpaired) electrons. The highest BCUT2D eigenvalue weighted by Crippen LogP contribution is 2.21. The second kappa shape index (κ2) is 7.99. The predicted molar refractivity (Wildman–Crippen MR) is 86.6 cm³/mol. The first-order valence-corrected chi connectivity index (χ1v) is 8.21. The summed E-state index contributed by atoms with van der Waals surface area (Å²) in [5, 5.41) is 6.56. The van der Waals surface area contributed by atoms with Crippen LogP contribution in [0.5, 0.6) is 0 Å². The molecule has 1 unspecified atom stereocenters. The van der Waals surface area contributed by atoms with Crippen molar-refractivity contribution in [3.05, 3.63) is 0 Å². The molecule has 1 fully saturated rings. The monoisotopic (exact) mass is 299 g/mol. The molecule has 1 atom stereocenters. The molecule has 2 N–H and O–H groups in total. The summed E-state index contributed by atoms with van der Waals surface area (Å²) in [7, 11) is 0. The summed E-state index contributed by atoms with van der Waals surface area (Å²) >= 11 is 0.